The summed E-state index contributed by atoms with van der Waals surface area (Å²) in [6.45, 7) is 6.40. The highest BCUT2D eigenvalue weighted by atomic mass is 32.2. The molecule has 1 fully saturated rings. The third-order valence-corrected chi connectivity index (χ3v) is 7.50. The number of nitrogens with two attached hydrogens (primary N) is 1. The van der Waals surface area contributed by atoms with E-state index in [1.807, 2.05) is 0 Å². The summed E-state index contributed by atoms with van der Waals surface area (Å²) in [6, 6.07) is 4.27. The number of allylic oxidation sites excluding steroid dienone is 1. The molecule has 2 atom stereocenters. The number of thioether (sulfide) groups is 1. The molecule has 26 heavy (non-hydrogen) atoms. The minimum absolute atomic E-state index is 0.331. The van der Waals surface area contributed by atoms with E-state index in [9.17, 15) is 13.2 Å². The van der Waals surface area contributed by atoms with Crippen molar-refractivity contribution >= 4 is 38.9 Å². The Hall–Kier alpha value is -1.25. The maximum absolute atomic E-state index is 12.9. The zero-order valence-corrected chi connectivity index (χ0v) is 16.1. The van der Waals surface area contributed by atoms with Gasteiger partial charge in [0.05, 0.1) is 20.8 Å². The molecule has 4 rings (SSSR count). The molecule has 3 heterocycles. The van der Waals surface area contributed by atoms with Crippen LogP contribution in [0.1, 0.15) is 30.8 Å². The summed E-state index contributed by atoms with van der Waals surface area (Å²) in [5.74, 6) is 0.331. The molecule has 8 heteroatoms. The molecule has 2 aliphatic rings. The van der Waals surface area contributed by atoms with Crippen molar-refractivity contribution < 1.29 is 13.2 Å². The van der Waals surface area contributed by atoms with Gasteiger partial charge in [0, 0.05) is 29.3 Å². The van der Waals surface area contributed by atoms with E-state index in [4.69, 9.17) is 5.73 Å². The van der Waals surface area contributed by atoms with Crippen molar-refractivity contribution in [3.05, 3.63) is 33.8 Å². The highest BCUT2D eigenvalue weighted by Crippen LogP contribution is 2.50. The van der Waals surface area contributed by atoms with Crippen LogP contribution in [0.5, 0.6) is 0 Å². The maximum atomic E-state index is 12.9. The SMILES string of the molecule is CC(C)N1CCC2C(c3nc4cc(C(F)(F)F)ccc4s3)=C(N)SC2C1. The Morgan fingerprint density at radius 1 is 1.31 bits per heavy atom. The molecule has 140 valence electrons. The molecule has 0 spiro atoms. The number of aromatic nitrogens is 1. The van der Waals surface area contributed by atoms with Crippen molar-refractivity contribution in [2.75, 3.05) is 13.1 Å². The summed E-state index contributed by atoms with van der Waals surface area (Å²) in [5, 5.41) is 1.95. The van der Waals surface area contributed by atoms with E-state index in [0.717, 1.165) is 52.0 Å². The third kappa shape index (κ3) is 3.12. The van der Waals surface area contributed by atoms with Gasteiger partial charge >= 0.3 is 6.18 Å². The molecule has 3 nitrogen and oxygen atoms in total. The Balaban J connectivity index is 1.66. The maximum Gasteiger partial charge on any atom is 0.416 e. The van der Waals surface area contributed by atoms with Gasteiger partial charge in [0.25, 0.3) is 0 Å². The van der Waals surface area contributed by atoms with Crippen LogP contribution in [0.2, 0.25) is 0 Å². The van der Waals surface area contributed by atoms with Crippen molar-refractivity contribution in [1.29, 1.82) is 0 Å². The number of rotatable bonds is 2. The molecule has 0 radical (unpaired) electrons. The van der Waals surface area contributed by atoms with Crippen molar-refractivity contribution in [2.45, 2.75) is 37.7 Å². The van der Waals surface area contributed by atoms with Gasteiger partial charge in [-0.05, 0) is 45.0 Å². The summed E-state index contributed by atoms with van der Waals surface area (Å²) in [6.07, 6.45) is -3.34. The standard InChI is InChI=1S/C18H20F3N3S2/c1-9(2)24-6-5-11-14(8-24)25-16(22)15(11)17-23-12-7-10(18(19,20)21)3-4-13(12)26-17/h3-4,7,9,11,14H,5-6,8,22H2,1-2H3. The fourth-order valence-electron chi connectivity index (χ4n) is 3.75. The van der Waals surface area contributed by atoms with E-state index in [-0.39, 0.29) is 0 Å². The number of likely N-dealkylation sites (tertiary alicyclic amines) is 1. The Bertz CT molecular complexity index is 872. The summed E-state index contributed by atoms with van der Waals surface area (Å²) in [7, 11) is 0. The van der Waals surface area contributed by atoms with Crippen LogP contribution >= 0.6 is 23.1 Å². The molecular formula is C18H20F3N3S2. The minimum atomic E-state index is -4.35. The Labute approximate surface area is 158 Å². The van der Waals surface area contributed by atoms with Gasteiger partial charge in [-0.15, -0.1) is 23.1 Å². The largest absolute Gasteiger partial charge is 0.416 e. The lowest BCUT2D eigenvalue weighted by atomic mass is 9.89. The van der Waals surface area contributed by atoms with Crippen LogP contribution in [0.3, 0.4) is 0 Å². The molecular weight excluding hydrogens is 379 g/mol. The monoisotopic (exact) mass is 399 g/mol. The Morgan fingerprint density at radius 3 is 2.77 bits per heavy atom. The highest BCUT2D eigenvalue weighted by molar-refractivity contribution is 8.04. The minimum Gasteiger partial charge on any atom is -0.393 e. The summed E-state index contributed by atoms with van der Waals surface area (Å²) < 4.78 is 39.6. The van der Waals surface area contributed by atoms with Crippen LogP contribution in [0.25, 0.3) is 15.8 Å². The lowest BCUT2D eigenvalue weighted by molar-refractivity contribution is -0.137. The molecule has 1 aromatic carbocycles. The predicted octanol–water partition coefficient (Wildman–Crippen LogP) is 4.79. The summed E-state index contributed by atoms with van der Waals surface area (Å²) in [5.41, 5.74) is 7.10. The molecule has 0 bridgehead atoms. The fourth-order valence-corrected chi connectivity index (χ4v) is 6.29. The first-order valence-electron chi connectivity index (χ1n) is 8.62. The lowest BCUT2D eigenvalue weighted by Gasteiger charge is -2.37. The average molecular weight is 400 g/mol. The smallest absolute Gasteiger partial charge is 0.393 e. The second kappa shape index (κ2) is 6.42. The topological polar surface area (TPSA) is 42.2 Å². The molecule has 0 saturated carbocycles. The van der Waals surface area contributed by atoms with Crippen molar-refractivity contribution in [3.63, 3.8) is 0 Å². The van der Waals surface area contributed by atoms with Crippen molar-refractivity contribution in [2.24, 2.45) is 11.7 Å². The number of hydrogen-bond donors (Lipinski definition) is 1. The van der Waals surface area contributed by atoms with Gasteiger partial charge in [-0.25, -0.2) is 4.98 Å². The first-order chi connectivity index (χ1) is 12.2. The molecule has 2 aliphatic heterocycles. The highest BCUT2D eigenvalue weighted by Gasteiger charge is 2.41. The predicted molar refractivity (Wildman–Crippen MR) is 102 cm³/mol. The van der Waals surface area contributed by atoms with E-state index < -0.39 is 11.7 Å². The zero-order valence-electron chi connectivity index (χ0n) is 14.5. The number of alkyl halides is 3. The number of piperidine rings is 1. The van der Waals surface area contributed by atoms with Crippen LogP contribution in [0.4, 0.5) is 13.2 Å². The van der Waals surface area contributed by atoms with Crippen LogP contribution < -0.4 is 5.73 Å². The summed E-state index contributed by atoms with van der Waals surface area (Å²) in [4.78, 5) is 6.97. The Morgan fingerprint density at radius 2 is 2.08 bits per heavy atom. The number of halogens is 3. The number of nitrogens with zero attached hydrogens (tertiary/aromatic N) is 2. The summed E-state index contributed by atoms with van der Waals surface area (Å²) >= 11 is 3.13. The molecule has 0 amide bonds. The number of benzene rings is 1. The van der Waals surface area contributed by atoms with Gasteiger partial charge in [-0.1, -0.05) is 0 Å². The van der Waals surface area contributed by atoms with Crippen LogP contribution in [0.15, 0.2) is 23.2 Å². The quantitative estimate of drug-likeness (QED) is 0.789. The number of fused-ring (bicyclic) bond motifs is 2. The van der Waals surface area contributed by atoms with Crippen LogP contribution in [0, 0.1) is 5.92 Å². The van der Waals surface area contributed by atoms with E-state index in [1.165, 1.54) is 17.4 Å². The van der Waals surface area contributed by atoms with E-state index in [1.54, 1.807) is 11.8 Å². The average Bonchev–Trinajstić information content (AvgIpc) is 3.11. The van der Waals surface area contributed by atoms with E-state index in [2.05, 4.69) is 23.7 Å². The van der Waals surface area contributed by atoms with Crippen LogP contribution in [-0.2, 0) is 6.18 Å². The van der Waals surface area contributed by atoms with E-state index >= 15 is 0 Å². The van der Waals surface area contributed by atoms with Crippen LogP contribution in [-0.4, -0.2) is 34.3 Å². The molecule has 0 aliphatic carbocycles. The van der Waals surface area contributed by atoms with Gasteiger partial charge in [0.1, 0.15) is 5.01 Å². The third-order valence-electron chi connectivity index (χ3n) is 5.18. The molecule has 2 aromatic rings. The second-order valence-electron chi connectivity index (χ2n) is 7.12. The van der Waals surface area contributed by atoms with E-state index in [0.29, 0.717) is 22.7 Å². The normalized spacial score (nSPS) is 24.7. The van der Waals surface area contributed by atoms with Crippen molar-refractivity contribution in [1.82, 2.24) is 9.88 Å². The molecule has 1 saturated heterocycles. The lowest BCUT2D eigenvalue weighted by Crippen LogP contribution is -2.44. The number of hydrogen-bond acceptors (Lipinski definition) is 5. The zero-order chi connectivity index (χ0) is 18.6. The van der Waals surface area contributed by atoms with Crippen molar-refractivity contribution in [3.8, 4) is 0 Å². The second-order valence-corrected chi connectivity index (χ2v) is 9.43. The molecule has 2 unspecified atom stereocenters. The number of thiazole rings is 1. The van der Waals surface area contributed by atoms with Gasteiger partial charge < -0.3 is 5.73 Å². The fraction of sp³-hybridized carbons (Fsp3) is 0.500. The Kier molecular flexibility index (Phi) is 4.48. The first kappa shape index (κ1) is 18.1. The molecule has 2 N–H and O–H groups in total. The molecule has 1 aromatic heterocycles. The van der Waals surface area contributed by atoms with Gasteiger partial charge in [0.15, 0.2) is 0 Å². The van der Waals surface area contributed by atoms with Gasteiger partial charge in [-0.3, -0.25) is 4.90 Å². The first-order valence-corrected chi connectivity index (χ1v) is 10.3. The van der Waals surface area contributed by atoms with Gasteiger partial charge in [0.2, 0.25) is 0 Å². The van der Waals surface area contributed by atoms with Gasteiger partial charge in [-0.2, -0.15) is 13.2 Å².